The molecule has 0 N–H and O–H groups in total. The first kappa shape index (κ1) is 25.7. The highest BCUT2D eigenvalue weighted by Crippen LogP contribution is 2.33. The minimum atomic E-state index is -3.69. The van der Waals surface area contributed by atoms with Gasteiger partial charge in [0.1, 0.15) is 11.6 Å². The molecule has 2 heterocycles. The number of unbranched alkanes of at least 4 members (excludes halogenated alkanes) is 1. The van der Waals surface area contributed by atoms with E-state index >= 15 is 0 Å². The number of nitrogens with zero attached hydrogens (tertiary/aromatic N) is 4. The molecule has 6 nitrogen and oxygen atoms in total. The van der Waals surface area contributed by atoms with Gasteiger partial charge in [-0.2, -0.15) is 0 Å². The van der Waals surface area contributed by atoms with E-state index in [1.54, 1.807) is 30.5 Å². The quantitative estimate of drug-likeness (QED) is 0.362. The zero-order valence-corrected chi connectivity index (χ0v) is 22.7. The Morgan fingerprint density at radius 2 is 1.77 bits per heavy atom. The van der Waals surface area contributed by atoms with E-state index in [9.17, 15) is 8.42 Å². The summed E-state index contributed by atoms with van der Waals surface area (Å²) in [5.41, 5.74) is 1.64. The Bertz CT molecular complexity index is 1270. The number of benzene rings is 1. The number of aromatic nitrogens is 3. The number of rotatable bonds is 8. The van der Waals surface area contributed by atoms with Crippen molar-refractivity contribution in [2.75, 3.05) is 18.5 Å². The highest BCUT2D eigenvalue weighted by atomic mass is 32.2. The Kier molecular flexibility index (Phi) is 7.55. The van der Waals surface area contributed by atoms with E-state index in [2.05, 4.69) is 37.2 Å². The smallest absolute Gasteiger partial charge is 0.206 e. The van der Waals surface area contributed by atoms with Crippen molar-refractivity contribution in [1.29, 1.82) is 0 Å². The van der Waals surface area contributed by atoms with Gasteiger partial charge in [0.05, 0.1) is 20.8 Å². The fourth-order valence-electron chi connectivity index (χ4n) is 5.08. The molecule has 2 aromatic heterocycles. The molecule has 0 aliphatic heterocycles. The highest BCUT2D eigenvalue weighted by Gasteiger charge is 2.27. The molecule has 1 saturated carbocycles. The maximum Gasteiger partial charge on any atom is 0.206 e. The van der Waals surface area contributed by atoms with Crippen molar-refractivity contribution >= 4 is 26.7 Å². The Morgan fingerprint density at radius 1 is 1.06 bits per heavy atom. The van der Waals surface area contributed by atoms with Crippen LogP contribution in [0.25, 0.3) is 11.0 Å². The molecule has 1 aromatic carbocycles. The Balaban J connectivity index is 1.71. The lowest BCUT2D eigenvalue weighted by molar-refractivity contribution is 0.313. The molecular weight excluding hydrogens is 456 g/mol. The number of anilines is 1. The number of imidazole rings is 1. The zero-order valence-electron chi connectivity index (χ0n) is 21.9. The summed E-state index contributed by atoms with van der Waals surface area (Å²) in [5, 5.41) is 0. The lowest BCUT2D eigenvalue weighted by atomic mass is 9.88. The highest BCUT2D eigenvalue weighted by molar-refractivity contribution is 7.91. The molecule has 1 aliphatic rings. The third-order valence-electron chi connectivity index (χ3n) is 7.13. The van der Waals surface area contributed by atoms with Crippen LogP contribution in [0.5, 0.6) is 0 Å². The topological polar surface area (TPSA) is 68.1 Å². The average Bonchev–Trinajstić information content (AvgIpc) is 3.21. The van der Waals surface area contributed by atoms with E-state index in [-0.39, 0.29) is 15.2 Å². The lowest BCUT2D eigenvalue weighted by Crippen LogP contribution is -2.22. The predicted octanol–water partition coefficient (Wildman–Crippen LogP) is 6.38. The first-order chi connectivity index (χ1) is 16.6. The van der Waals surface area contributed by atoms with Crippen molar-refractivity contribution in [1.82, 2.24) is 14.5 Å². The summed E-state index contributed by atoms with van der Waals surface area (Å²) in [6, 6.07) is 8.70. The Hall–Kier alpha value is -2.41. The van der Waals surface area contributed by atoms with Crippen molar-refractivity contribution in [3.8, 4) is 0 Å². The van der Waals surface area contributed by atoms with Crippen molar-refractivity contribution in [2.24, 2.45) is 5.92 Å². The molecule has 35 heavy (non-hydrogen) atoms. The van der Waals surface area contributed by atoms with E-state index in [0.29, 0.717) is 11.7 Å². The first-order valence-electron chi connectivity index (χ1n) is 13.0. The average molecular weight is 497 g/mol. The van der Waals surface area contributed by atoms with Crippen LogP contribution in [0.15, 0.2) is 46.3 Å². The van der Waals surface area contributed by atoms with Gasteiger partial charge in [-0.1, -0.05) is 53.4 Å². The molecule has 3 aromatic rings. The van der Waals surface area contributed by atoms with Crippen LogP contribution in [0.3, 0.4) is 0 Å². The van der Waals surface area contributed by atoms with Gasteiger partial charge in [-0.3, -0.25) is 0 Å². The van der Waals surface area contributed by atoms with E-state index in [0.717, 1.165) is 42.8 Å². The van der Waals surface area contributed by atoms with Crippen molar-refractivity contribution in [2.45, 2.75) is 94.4 Å². The van der Waals surface area contributed by atoms with Crippen molar-refractivity contribution in [3.63, 3.8) is 0 Å². The SMILES string of the molecule is CCCCN(C)c1cc(S(=O)(=O)c2ccc3c(c2)nc(C(C)(C)C)n3CC2CCCCC2)ccn1. The molecule has 1 aliphatic carbocycles. The van der Waals surface area contributed by atoms with E-state index in [4.69, 9.17) is 4.98 Å². The van der Waals surface area contributed by atoms with Gasteiger partial charge in [-0.25, -0.2) is 18.4 Å². The maximum absolute atomic E-state index is 13.6. The molecule has 0 spiro atoms. The molecule has 1 fully saturated rings. The summed E-state index contributed by atoms with van der Waals surface area (Å²) < 4.78 is 29.5. The molecule has 7 heteroatoms. The fraction of sp³-hybridized carbons (Fsp3) is 0.571. The van der Waals surface area contributed by atoms with Crippen LogP contribution in [0.2, 0.25) is 0 Å². The predicted molar refractivity (Wildman–Crippen MR) is 143 cm³/mol. The number of sulfone groups is 1. The zero-order chi connectivity index (χ0) is 25.2. The molecule has 4 rings (SSSR count). The summed E-state index contributed by atoms with van der Waals surface area (Å²) in [5.74, 6) is 2.36. The third-order valence-corrected chi connectivity index (χ3v) is 8.88. The van der Waals surface area contributed by atoms with E-state index in [1.165, 1.54) is 32.1 Å². The molecule has 190 valence electrons. The molecule has 0 atom stereocenters. The van der Waals surface area contributed by atoms with Crippen LogP contribution in [0, 0.1) is 5.92 Å². The Labute approximate surface area is 210 Å². The fourth-order valence-corrected chi connectivity index (χ4v) is 6.37. The lowest BCUT2D eigenvalue weighted by Gasteiger charge is -2.26. The molecule has 0 bridgehead atoms. The van der Waals surface area contributed by atoms with Crippen molar-refractivity contribution < 1.29 is 8.42 Å². The van der Waals surface area contributed by atoms with Gasteiger partial charge in [0.2, 0.25) is 9.84 Å². The minimum absolute atomic E-state index is 0.129. The summed E-state index contributed by atoms with van der Waals surface area (Å²) in [7, 11) is -1.74. The van der Waals surface area contributed by atoms with Gasteiger partial charge in [0.15, 0.2) is 0 Å². The van der Waals surface area contributed by atoms with Crippen LogP contribution >= 0.6 is 0 Å². The summed E-state index contributed by atoms with van der Waals surface area (Å²) in [6.07, 6.45) is 10.1. The largest absolute Gasteiger partial charge is 0.360 e. The monoisotopic (exact) mass is 496 g/mol. The standard InChI is InChI=1S/C28H40N4O2S/c1-6-7-17-31(5)26-19-23(15-16-29-26)35(33,34)22-13-14-25-24(18-22)30-27(28(2,3)4)32(25)20-21-11-9-8-10-12-21/h13-16,18-19,21H,6-12,17,20H2,1-5H3. The Morgan fingerprint density at radius 3 is 2.46 bits per heavy atom. The van der Waals surface area contributed by atoms with Crippen molar-refractivity contribution in [3.05, 3.63) is 42.4 Å². The van der Waals surface area contributed by atoms with Gasteiger partial charge in [0, 0.05) is 31.7 Å². The third kappa shape index (κ3) is 5.55. The molecule has 0 unspecified atom stereocenters. The van der Waals surface area contributed by atoms with Crippen LogP contribution in [0.4, 0.5) is 5.82 Å². The molecule has 0 saturated heterocycles. The molecule has 0 radical (unpaired) electrons. The van der Waals surface area contributed by atoms with Crippen LogP contribution in [-0.2, 0) is 21.8 Å². The first-order valence-corrected chi connectivity index (χ1v) is 14.5. The van der Waals surface area contributed by atoms with Crippen LogP contribution < -0.4 is 4.90 Å². The summed E-state index contributed by atoms with van der Waals surface area (Å²) in [4.78, 5) is 11.9. The normalized spacial score (nSPS) is 15.6. The maximum atomic E-state index is 13.6. The minimum Gasteiger partial charge on any atom is -0.360 e. The molecule has 0 amide bonds. The number of hydrogen-bond donors (Lipinski definition) is 0. The summed E-state index contributed by atoms with van der Waals surface area (Å²) >= 11 is 0. The number of pyridine rings is 1. The van der Waals surface area contributed by atoms with Crippen LogP contribution in [-0.4, -0.2) is 36.5 Å². The van der Waals surface area contributed by atoms with E-state index in [1.807, 2.05) is 18.0 Å². The second-order valence-electron chi connectivity index (χ2n) is 11.1. The van der Waals surface area contributed by atoms with Gasteiger partial charge in [0.25, 0.3) is 0 Å². The second kappa shape index (κ2) is 10.3. The summed E-state index contributed by atoms with van der Waals surface area (Å²) in [6.45, 7) is 10.5. The van der Waals surface area contributed by atoms with Gasteiger partial charge in [-0.15, -0.1) is 0 Å². The van der Waals surface area contributed by atoms with E-state index < -0.39 is 9.84 Å². The van der Waals surface area contributed by atoms with Gasteiger partial charge >= 0.3 is 0 Å². The number of fused-ring (bicyclic) bond motifs is 1. The van der Waals surface area contributed by atoms with Crippen LogP contribution in [0.1, 0.15) is 78.5 Å². The molecular formula is C28H40N4O2S. The van der Waals surface area contributed by atoms with Gasteiger partial charge in [-0.05, 0) is 55.5 Å². The number of hydrogen-bond acceptors (Lipinski definition) is 5. The second-order valence-corrected chi connectivity index (χ2v) is 13.0. The van der Waals surface area contributed by atoms with Gasteiger partial charge < -0.3 is 9.47 Å².